The molecule has 5 N–H and O–H groups in total. The molecule has 34 heavy (non-hydrogen) atoms. The number of halogens is 4. The minimum atomic E-state index is -4.87. The monoisotopic (exact) mass is 499 g/mol. The highest BCUT2D eigenvalue weighted by Crippen LogP contribution is 2.38. The molecule has 2 aromatic carbocycles. The van der Waals surface area contributed by atoms with Crippen LogP contribution in [0, 0.1) is 5.82 Å². The smallest absolute Gasteiger partial charge is 0.395 e. The van der Waals surface area contributed by atoms with Crippen LogP contribution in [0.3, 0.4) is 0 Å². The number of hydrogen-bond donors (Lipinski definition) is 4. The number of carbonyl (C=O) groups excluding carboxylic acids is 2. The van der Waals surface area contributed by atoms with Gasteiger partial charge in [0.15, 0.2) is 11.0 Å². The van der Waals surface area contributed by atoms with Crippen molar-refractivity contribution in [3.63, 3.8) is 0 Å². The Labute approximate surface area is 195 Å². The molecule has 0 radical (unpaired) electrons. The lowest BCUT2D eigenvalue weighted by Gasteiger charge is -2.27. The van der Waals surface area contributed by atoms with Crippen LogP contribution in [0.5, 0.6) is 0 Å². The first kappa shape index (κ1) is 25.3. The average Bonchev–Trinajstić information content (AvgIpc) is 3.15. The van der Waals surface area contributed by atoms with E-state index in [-0.39, 0.29) is 17.2 Å². The molecule has 1 heterocycles. The number of nitrogens with one attached hydrogen (secondary N) is 2. The molecule has 0 saturated carbocycles. The number of carbonyl (C=O) groups is 2. The van der Waals surface area contributed by atoms with Gasteiger partial charge in [-0.25, -0.2) is 14.2 Å². The Morgan fingerprint density at radius 2 is 1.85 bits per heavy atom. The molecule has 0 aliphatic heterocycles. The summed E-state index contributed by atoms with van der Waals surface area (Å²) >= 11 is 0.927. The number of thiazole rings is 1. The summed E-state index contributed by atoms with van der Waals surface area (Å²) in [5, 5.41) is 14.1. The number of rotatable bonds is 7. The normalized spacial score (nSPS) is 13.4. The summed E-state index contributed by atoms with van der Waals surface area (Å²) in [6.07, 6.45) is -4.87. The van der Waals surface area contributed by atoms with Crippen molar-refractivity contribution in [2.45, 2.75) is 18.1 Å². The number of benzene rings is 2. The average molecular weight is 499 g/mol. The van der Waals surface area contributed by atoms with Crippen molar-refractivity contribution >= 4 is 44.3 Å². The molecule has 0 spiro atoms. The third-order valence-corrected chi connectivity index (χ3v) is 5.70. The molecular weight excluding hydrogens is 478 g/mol. The van der Waals surface area contributed by atoms with Gasteiger partial charge >= 0.3 is 12.2 Å². The van der Waals surface area contributed by atoms with Crippen LogP contribution in [0.4, 0.5) is 33.2 Å². The number of aliphatic hydroxyl groups excluding tert-OH is 1. The van der Waals surface area contributed by atoms with E-state index in [2.05, 4.69) is 15.6 Å². The number of anilines is 2. The standard InChI is InChI=1S/C21H21F4N5O3S/c1-30(9-13(26)10-31)18(32)17(21(23,24)25)11-2-7-15-16(8-11)34-20(28-15)29-19(33)27-14-5-3-12(22)4-6-14/h2-8,13,17,31H,9-10,26H2,1H3,(H2,27,28,29,33)/t13-,17+/m0/s1. The van der Waals surface area contributed by atoms with Crippen molar-refractivity contribution in [3.05, 3.63) is 53.8 Å². The molecule has 3 amide bonds. The van der Waals surface area contributed by atoms with Crippen LogP contribution in [-0.4, -0.2) is 59.3 Å². The number of urea groups is 1. The van der Waals surface area contributed by atoms with Gasteiger partial charge in [0.25, 0.3) is 0 Å². The predicted molar refractivity (Wildman–Crippen MR) is 120 cm³/mol. The van der Waals surface area contributed by atoms with Crippen LogP contribution in [0.2, 0.25) is 0 Å². The maximum Gasteiger partial charge on any atom is 0.404 e. The van der Waals surface area contributed by atoms with Gasteiger partial charge in [-0.2, -0.15) is 13.2 Å². The first-order chi connectivity index (χ1) is 16.0. The van der Waals surface area contributed by atoms with E-state index in [4.69, 9.17) is 10.8 Å². The summed E-state index contributed by atoms with van der Waals surface area (Å²) in [5.41, 5.74) is 5.91. The highest BCUT2D eigenvalue weighted by Gasteiger charge is 2.47. The highest BCUT2D eigenvalue weighted by molar-refractivity contribution is 7.22. The van der Waals surface area contributed by atoms with Gasteiger partial charge in [-0.1, -0.05) is 17.4 Å². The Hall–Kier alpha value is -3.29. The zero-order valence-corrected chi connectivity index (χ0v) is 18.6. The molecule has 1 aromatic heterocycles. The third-order valence-electron chi connectivity index (χ3n) is 4.76. The van der Waals surface area contributed by atoms with Crippen LogP contribution in [0.1, 0.15) is 11.5 Å². The van der Waals surface area contributed by atoms with Crippen molar-refractivity contribution in [1.82, 2.24) is 9.88 Å². The van der Waals surface area contributed by atoms with E-state index in [1.807, 2.05) is 0 Å². The molecule has 2 atom stereocenters. The molecule has 0 bridgehead atoms. The molecule has 8 nitrogen and oxygen atoms in total. The van der Waals surface area contributed by atoms with E-state index in [1.165, 1.54) is 43.4 Å². The fraction of sp³-hybridized carbons (Fsp3) is 0.286. The Morgan fingerprint density at radius 1 is 1.18 bits per heavy atom. The van der Waals surface area contributed by atoms with E-state index < -0.39 is 42.5 Å². The number of fused-ring (bicyclic) bond motifs is 1. The molecule has 0 aliphatic rings. The fourth-order valence-corrected chi connectivity index (χ4v) is 4.07. The lowest BCUT2D eigenvalue weighted by molar-refractivity contribution is -0.171. The van der Waals surface area contributed by atoms with Crippen LogP contribution in [0.25, 0.3) is 10.2 Å². The lowest BCUT2D eigenvalue weighted by atomic mass is 9.96. The highest BCUT2D eigenvalue weighted by atomic mass is 32.1. The van der Waals surface area contributed by atoms with Gasteiger partial charge in [0.05, 0.1) is 16.8 Å². The van der Waals surface area contributed by atoms with Gasteiger partial charge in [-0.05, 0) is 42.0 Å². The number of hydrogen-bond acceptors (Lipinski definition) is 6. The minimum absolute atomic E-state index is 0.118. The Bertz CT molecular complexity index is 1170. The number of nitrogens with two attached hydrogens (primary N) is 1. The number of alkyl halides is 3. The number of amides is 3. The van der Waals surface area contributed by atoms with E-state index in [0.717, 1.165) is 22.3 Å². The molecule has 0 aliphatic carbocycles. The SMILES string of the molecule is CN(C[C@H](N)CO)C(=O)[C@@H](c1ccc2nc(NC(=O)Nc3ccc(F)cc3)sc2c1)C(F)(F)F. The lowest BCUT2D eigenvalue weighted by Crippen LogP contribution is -2.45. The van der Waals surface area contributed by atoms with E-state index in [1.54, 1.807) is 0 Å². The summed E-state index contributed by atoms with van der Waals surface area (Å²) < 4.78 is 54.7. The molecule has 182 valence electrons. The zero-order valence-electron chi connectivity index (χ0n) is 17.8. The van der Waals surface area contributed by atoms with E-state index in [0.29, 0.717) is 15.9 Å². The number of aromatic nitrogens is 1. The van der Waals surface area contributed by atoms with Crippen LogP contribution >= 0.6 is 11.3 Å². The van der Waals surface area contributed by atoms with Gasteiger partial charge in [0.2, 0.25) is 5.91 Å². The first-order valence-corrected chi connectivity index (χ1v) is 10.7. The number of nitrogens with zero attached hydrogens (tertiary/aromatic N) is 2. The second-order valence-corrected chi connectivity index (χ2v) is 8.50. The molecule has 0 unspecified atom stereocenters. The molecule has 0 saturated heterocycles. The molecule has 3 aromatic rings. The fourth-order valence-electron chi connectivity index (χ4n) is 3.16. The van der Waals surface area contributed by atoms with Crippen molar-refractivity contribution in [2.24, 2.45) is 5.73 Å². The first-order valence-electron chi connectivity index (χ1n) is 9.90. The van der Waals surface area contributed by atoms with Gasteiger partial charge in [-0.15, -0.1) is 0 Å². The number of likely N-dealkylation sites (N-methyl/N-ethyl adjacent to an activating group) is 1. The third kappa shape index (κ3) is 6.18. The zero-order chi connectivity index (χ0) is 25.0. The summed E-state index contributed by atoms with van der Waals surface area (Å²) in [7, 11) is 1.18. The summed E-state index contributed by atoms with van der Waals surface area (Å²) in [5.74, 6) is -4.11. The second kappa shape index (κ2) is 10.3. The summed E-state index contributed by atoms with van der Waals surface area (Å²) in [6, 6.07) is 7.19. The molecule has 13 heteroatoms. The summed E-state index contributed by atoms with van der Waals surface area (Å²) in [6.45, 7) is -0.729. The van der Waals surface area contributed by atoms with Crippen LogP contribution in [0.15, 0.2) is 42.5 Å². The molecular formula is C21H21F4N5O3S. The van der Waals surface area contributed by atoms with Gasteiger partial charge in [-0.3, -0.25) is 10.1 Å². The topological polar surface area (TPSA) is 121 Å². The van der Waals surface area contributed by atoms with Crippen molar-refractivity contribution in [3.8, 4) is 0 Å². The van der Waals surface area contributed by atoms with Crippen molar-refractivity contribution < 1.29 is 32.3 Å². The second-order valence-electron chi connectivity index (χ2n) is 7.47. The van der Waals surface area contributed by atoms with Gasteiger partial charge < -0.3 is 21.1 Å². The van der Waals surface area contributed by atoms with Gasteiger partial charge in [0.1, 0.15) is 5.82 Å². The van der Waals surface area contributed by atoms with Crippen molar-refractivity contribution in [1.29, 1.82) is 0 Å². The predicted octanol–water partition coefficient (Wildman–Crippen LogP) is 3.50. The number of aliphatic hydroxyl groups is 1. The minimum Gasteiger partial charge on any atom is -0.395 e. The Kier molecular flexibility index (Phi) is 7.69. The molecule has 3 rings (SSSR count). The Balaban J connectivity index is 1.80. The maximum absolute atomic E-state index is 13.8. The Morgan fingerprint density at radius 3 is 2.47 bits per heavy atom. The maximum atomic E-state index is 13.8. The summed E-state index contributed by atoms with van der Waals surface area (Å²) in [4.78, 5) is 29.7. The molecule has 0 fully saturated rings. The van der Waals surface area contributed by atoms with Crippen LogP contribution < -0.4 is 16.4 Å². The van der Waals surface area contributed by atoms with E-state index in [9.17, 15) is 27.2 Å². The van der Waals surface area contributed by atoms with E-state index >= 15 is 0 Å². The van der Waals surface area contributed by atoms with Crippen LogP contribution in [-0.2, 0) is 4.79 Å². The van der Waals surface area contributed by atoms with Crippen molar-refractivity contribution in [2.75, 3.05) is 30.8 Å². The largest absolute Gasteiger partial charge is 0.404 e. The van der Waals surface area contributed by atoms with Gasteiger partial charge in [0, 0.05) is 25.3 Å². The quantitative estimate of drug-likeness (QED) is 0.371.